The molecular formula is C24H26N6OS. The number of hydrogen-bond acceptors (Lipinski definition) is 5. The number of carbonyl (C=O) groups excluding carboxylic acids is 1. The highest BCUT2D eigenvalue weighted by Crippen LogP contribution is 2.28. The van der Waals surface area contributed by atoms with Gasteiger partial charge in [0, 0.05) is 19.2 Å². The second-order valence-corrected chi connectivity index (χ2v) is 8.96. The number of aromatic nitrogens is 5. The Kier molecular flexibility index (Phi) is 6.41. The van der Waals surface area contributed by atoms with E-state index in [1.54, 1.807) is 4.68 Å². The topological polar surface area (TPSA) is 77.6 Å². The molecule has 32 heavy (non-hydrogen) atoms. The van der Waals surface area contributed by atoms with Crippen LogP contribution in [0.5, 0.6) is 0 Å². The van der Waals surface area contributed by atoms with Gasteiger partial charge >= 0.3 is 0 Å². The van der Waals surface area contributed by atoms with Gasteiger partial charge in [0.25, 0.3) is 0 Å². The molecule has 7 nitrogen and oxygen atoms in total. The molecule has 1 amide bonds. The molecule has 0 aliphatic rings. The maximum Gasteiger partial charge on any atom is 0.237 e. The molecule has 0 aliphatic heterocycles. The molecule has 1 atom stereocenters. The van der Waals surface area contributed by atoms with Gasteiger partial charge in [-0.25, -0.2) is 0 Å². The minimum absolute atomic E-state index is 0.0959. The molecule has 0 bridgehead atoms. The van der Waals surface area contributed by atoms with Crippen LogP contribution in [0.4, 0.5) is 5.69 Å². The van der Waals surface area contributed by atoms with Crippen molar-refractivity contribution in [1.82, 2.24) is 24.5 Å². The fraction of sp³-hybridized carbons (Fsp3) is 0.250. The summed E-state index contributed by atoms with van der Waals surface area (Å²) in [4.78, 5) is 12.9. The predicted molar refractivity (Wildman–Crippen MR) is 127 cm³/mol. The molecule has 0 aliphatic carbocycles. The third-order valence-corrected chi connectivity index (χ3v) is 6.37. The monoisotopic (exact) mass is 446 g/mol. The fourth-order valence-electron chi connectivity index (χ4n) is 3.50. The highest BCUT2D eigenvalue weighted by Gasteiger charge is 2.23. The first kappa shape index (κ1) is 21.8. The predicted octanol–water partition coefficient (Wildman–Crippen LogP) is 4.33. The van der Waals surface area contributed by atoms with Gasteiger partial charge in [0.1, 0.15) is 5.82 Å². The molecule has 8 heteroatoms. The Hall–Kier alpha value is -3.39. The Morgan fingerprint density at radius 1 is 1.03 bits per heavy atom. The lowest BCUT2D eigenvalue weighted by Gasteiger charge is -2.14. The Balaban J connectivity index is 1.59. The van der Waals surface area contributed by atoms with Crippen LogP contribution in [0.25, 0.3) is 5.69 Å². The summed E-state index contributed by atoms with van der Waals surface area (Å²) in [6, 6.07) is 20.2. The van der Waals surface area contributed by atoms with Crippen LogP contribution < -0.4 is 5.32 Å². The van der Waals surface area contributed by atoms with E-state index in [4.69, 9.17) is 0 Å². The van der Waals surface area contributed by atoms with Gasteiger partial charge in [0.2, 0.25) is 5.91 Å². The highest BCUT2D eigenvalue weighted by molar-refractivity contribution is 8.00. The summed E-state index contributed by atoms with van der Waals surface area (Å²) in [6.07, 6.45) is 0.651. The van der Waals surface area contributed by atoms with Crippen molar-refractivity contribution in [1.29, 1.82) is 0 Å². The minimum Gasteiger partial charge on any atom is -0.322 e. The second kappa shape index (κ2) is 9.40. The highest BCUT2D eigenvalue weighted by atomic mass is 32.2. The quantitative estimate of drug-likeness (QED) is 0.428. The standard InChI is InChI=1S/C24H26N6OS/c1-16-22(17(2)29(4)28-16)25-23(31)18(3)32-24-27-26-21(15-19-11-7-5-8-12-19)30(24)20-13-9-6-10-14-20/h5-14,18H,15H2,1-4H3,(H,25,31)/t18-/m0/s1. The number of aryl methyl sites for hydroxylation is 2. The molecule has 2 aromatic carbocycles. The van der Waals surface area contributed by atoms with Gasteiger partial charge in [0.15, 0.2) is 5.16 Å². The van der Waals surface area contributed by atoms with E-state index in [0.717, 1.165) is 34.2 Å². The Labute approximate surface area is 191 Å². The van der Waals surface area contributed by atoms with E-state index in [0.29, 0.717) is 11.6 Å². The second-order valence-electron chi connectivity index (χ2n) is 7.65. The summed E-state index contributed by atoms with van der Waals surface area (Å²) in [6.45, 7) is 5.71. The summed E-state index contributed by atoms with van der Waals surface area (Å²) in [5.74, 6) is 0.734. The first-order valence-electron chi connectivity index (χ1n) is 10.5. The van der Waals surface area contributed by atoms with E-state index in [1.165, 1.54) is 11.8 Å². The van der Waals surface area contributed by atoms with E-state index < -0.39 is 0 Å². The fourth-order valence-corrected chi connectivity index (χ4v) is 4.38. The maximum absolute atomic E-state index is 12.9. The number of nitrogens with one attached hydrogen (secondary N) is 1. The lowest BCUT2D eigenvalue weighted by Crippen LogP contribution is -2.23. The van der Waals surface area contributed by atoms with Crippen molar-refractivity contribution in [2.75, 3.05) is 5.32 Å². The van der Waals surface area contributed by atoms with Crippen LogP contribution in [0.2, 0.25) is 0 Å². The van der Waals surface area contributed by atoms with Crippen LogP contribution in [0.15, 0.2) is 65.8 Å². The van der Waals surface area contributed by atoms with E-state index >= 15 is 0 Å². The lowest BCUT2D eigenvalue weighted by molar-refractivity contribution is -0.115. The van der Waals surface area contributed by atoms with Gasteiger partial charge in [-0.2, -0.15) is 5.10 Å². The number of benzene rings is 2. The number of anilines is 1. The number of rotatable bonds is 7. The van der Waals surface area contributed by atoms with Crippen LogP contribution in [0.3, 0.4) is 0 Å². The van der Waals surface area contributed by atoms with Crippen molar-refractivity contribution in [2.45, 2.75) is 37.6 Å². The summed E-state index contributed by atoms with van der Waals surface area (Å²) < 4.78 is 3.80. The Morgan fingerprint density at radius 3 is 2.31 bits per heavy atom. The molecule has 4 rings (SSSR count). The SMILES string of the molecule is Cc1nn(C)c(C)c1NC(=O)[C@H](C)Sc1nnc(Cc2ccccc2)n1-c1ccccc1. The number of amides is 1. The largest absolute Gasteiger partial charge is 0.322 e. The summed E-state index contributed by atoms with van der Waals surface area (Å²) in [5, 5.41) is 16.6. The summed E-state index contributed by atoms with van der Waals surface area (Å²) in [5.41, 5.74) is 4.61. The molecule has 0 saturated heterocycles. The van der Waals surface area contributed by atoms with Crippen molar-refractivity contribution >= 4 is 23.4 Å². The van der Waals surface area contributed by atoms with Crippen LogP contribution in [0.1, 0.15) is 29.7 Å². The molecule has 0 fully saturated rings. The van der Waals surface area contributed by atoms with Crippen molar-refractivity contribution in [2.24, 2.45) is 7.05 Å². The van der Waals surface area contributed by atoms with Gasteiger partial charge in [-0.15, -0.1) is 10.2 Å². The Morgan fingerprint density at radius 2 is 1.69 bits per heavy atom. The molecule has 0 saturated carbocycles. The first-order valence-corrected chi connectivity index (χ1v) is 11.3. The van der Waals surface area contributed by atoms with Crippen molar-refractivity contribution in [3.8, 4) is 5.69 Å². The van der Waals surface area contributed by atoms with E-state index in [9.17, 15) is 4.79 Å². The van der Waals surface area contributed by atoms with Crippen LogP contribution in [-0.4, -0.2) is 35.7 Å². The van der Waals surface area contributed by atoms with Crippen LogP contribution in [-0.2, 0) is 18.3 Å². The molecule has 2 heterocycles. The van der Waals surface area contributed by atoms with Crippen LogP contribution >= 0.6 is 11.8 Å². The van der Waals surface area contributed by atoms with E-state index in [1.807, 2.05) is 80.9 Å². The van der Waals surface area contributed by atoms with E-state index in [2.05, 4.69) is 32.7 Å². The van der Waals surface area contributed by atoms with Gasteiger partial charge < -0.3 is 5.32 Å². The average molecular weight is 447 g/mol. The average Bonchev–Trinajstić information content (AvgIpc) is 3.29. The molecule has 0 radical (unpaired) electrons. The van der Waals surface area contributed by atoms with Gasteiger partial charge in [0.05, 0.1) is 22.3 Å². The van der Waals surface area contributed by atoms with Gasteiger partial charge in [-0.1, -0.05) is 60.3 Å². The molecule has 0 unspecified atom stereocenters. The molecule has 1 N–H and O–H groups in total. The van der Waals surface area contributed by atoms with Gasteiger partial charge in [-0.05, 0) is 38.5 Å². The zero-order valence-corrected chi connectivity index (χ0v) is 19.4. The third-order valence-electron chi connectivity index (χ3n) is 5.33. The van der Waals surface area contributed by atoms with E-state index in [-0.39, 0.29) is 11.2 Å². The molecule has 0 spiro atoms. The number of thioether (sulfide) groups is 1. The minimum atomic E-state index is -0.370. The summed E-state index contributed by atoms with van der Waals surface area (Å²) >= 11 is 1.39. The normalized spacial score (nSPS) is 12.0. The number of carbonyl (C=O) groups is 1. The molecule has 4 aromatic rings. The third kappa shape index (κ3) is 4.60. The first-order chi connectivity index (χ1) is 15.4. The maximum atomic E-state index is 12.9. The van der Waals surface area contributed by atoms with Crippen molar-refractivity contribution in [3.05, 3.63) is 83.4 Å². The Bertz CT molecular complexity index is 1220. The number of hydrogen-bond donors (Lipinski definition) is 1. The molecule has 2 aromatic heterocycles. The lowest BCUT2D eigenvalue weighted by atomic mass is 10.1. The molecule has 164 valence electrons. The van der Waals surface area contributed by atoms with Crippen molar-refractivity contribution < 1.29 is 4.79 Å². The van der Waals surface area contributed by atoms with Crippen LogP contribution in [0, 0.1) is 13.8 Å². The summed E-state index contributed by atoms with van der Waals surface area (Å²) in [7, 11) is 1.87. The van der Waals surface area contributed by atoms with Gasteiger partial charge in [-0.3, -0.25) is 14.0 Å². The molecular weight excluding hydrogens is 420 g/mol. The zero-order valence-electron chi connectivity index (χ0n) is 18.6. The smallest absolute Gasteiger partial charge is 0.237 e. The number of para-hydroxylation sites is 1. The zero-order chi connectivity index (χ0) is 22.7. The van der Waals surface area contributed by atoms with Crippen molar-refractivity contribution in [3.63, 3.8) is 0 Å². The number of nitrogens with zero attached hydrogens (tertiary/aromatic N) is 5.